The second kappa shape index (κ2) is 8.59. The van der Waals surface area contributed by atoms with E-state index in [0.29, 0.717) is 0 Å². The molecule has 1 aromatic carbocycles. The third-order valence-corrected chi connectivity index (χ3v) is 5.90. The van der Waals surface area contributed by atoms with Crippen molar-refractivity contribution in [2.24, 2.45) is 5.92 Å². The fourth-order valence-corrected chi connectivity index (χ4v) is 4.00. The second-order valence-corrected chi connectivity index (χ2v) is 7.98. The largest absolute Gasteiger partial charge is 0.463 e. The molecule has 2 heterocycles. The van der Waals surface area contributed by atoms with Crippen LogP contribution in [0.4, 0.5) is 0 Å². The van der Waals surface area contributed by atoms with Crippen LogP contribution < -0.4 is 0 Å². The number of aliphatic hydroxyl groups is 2. The number of esters is 2. The van der Waals surface area contributed by atoms with Crippen molar-refractivity contribution in [3.63, 3.8) is 0 Å². The zero-order chi connectivity index (χ0) is 20.3. The third kappa shape index (κ3) is 4.54. The van der Waals surface area contributed by atoms with Gasteiger partial charge < -0.3 is 19.7 Å². The van der Waals surface area contributed by atoms with Gasteiger partial charge in [-0.1, -0.05) is 30.3 Å². The Morgan fingerprint density at radius 1 is 1.25 bits per heavy atom. The number of nitrogens with zero attached hydrogens (tertiary/aromatic N) is 1. The number of hydrogen-bond acceptors (Lipinski definition) is 7. The van der Waals surface area contributed by atoms with Crippen LogP contribution in [0.15, 0.2) is 30.3 Å². The van der Waals surface area contributed by atoms with Gasteiger partial charge in [0.2, 0.25) is 0 Å². The molecule has 2 saturated heterocycles. The van der Waals surface area contributed by atoms with Crippen molar-refractivity contribution >= 4 is 11.9 Å². The van der Waals surface area contributed by atoms with Crippen LogP contribution in [0.3, 0.4) is 0 Å². The first-order valence-electron chi connectivity index (χ1n) is 9.84. The van der Waals surface area contributed by atoms with Gasteiger partial charge >= 0.3 is 11.9 Å². The predicted molar refractivity (Wildman–Crippen MR) is 101 cm³/mol. The number of rotatable bonds is 7. The number of hydrogen-bond donors (Lipinski definition) is 2. The van der Waals surface area contributed by atoms with Gasteiger partial charge in [-0.05, 0) is 38.8 Å². The molecule has 2 N–H and O–H groups in total. The molecule has 0 spiro atoms. The van der Waals surface area contributed by atoms with Gasteiger partial charge in [-0.15, -0.1) is 0 Å². The van der Waals surface area contributed by atoms with Crippen molar-refractivity contribution in [1.82, 2.24) is 4.90 Å². The third-order valence-electron chi connectivity index (χ3n) is 5.90. The molecule has 0 radical (unpaired) electrons. The highest BCUT2D eigenvalue weighted by Gasteiger charge is 2.47. The van der Waals surface area contributed by atoms with Crippen LogP contribution in [0.1, 0.15) is 32.3 Å². The first-order valence-corrected chi connectivity index (χ1v) is 9.84. The molecule has 0 aliphatic carbocycles. The zero-order valence-corrected chi connectivity index (χ0v) is 16.4. The van der Waals surface area contributed by atoms with Gasteiger partial charge in [0.25, 0.3) is 0 Å². The van der Waals surface area contributed by atoms with E-state index in [9.17, 15) is 19.8 Å². The topological polar surface area (TPSA) is 96.3 Å². The van der Waals surface area contributed by atoms with E-state index in [4.69, 9.17) is 9.47 Å². The maximum Gasteiger partial charge on any atom is 0.340 e. The minimum atomic E-state index is -1.94. The lowest BCUT2D eigenvalue weighted by atomic mass is 9.96. The van der Waals surface area contributed by atoms with Gasteiger partial charge in [-0.25, -0.2) is 4.79 Å². The van der Waals surface area contributed by atoms with Gasteiger partial charge in [-0.3, -0.25) is 9.69 Å². The van der Waals surface area contributed by atoms with E-state index in [1.807, 2.05) is 30.3 Å². The van der Waals surface area contributed by atoms with Crippen LogP contribution in [0.25, 0.3) is 0 Å². The van der Waals surface area contributed by atoms with Crippen LogP contribution in [0, 0.1) is 5.92 Å². The fraction of sp³-hybridized carbons (Fsp3) is 0.619. The van der Waals surface area contributed by atoms with E-state index < -0.39 is 17.7 Å². The van der Waals surface area contributed by atoms with E-state index >= 15 is 0 Å². The Balaban J connectivity index is 1.55. The maximum absolute atomic E-state index is 12.3. The van der Waals surface area contributed by atoms with Crippen molar-refractivity contribution < 1.29 is 29.3 Å². The number of ether oxygens (including phenoxy) is 2. The molecule has 5 unspecified atom stereocenters. The summed E-state index contributed by atoms with van der Waals surface area (Å²) in [7, 11) is 0. The van der Waals surface area contributed by atoms with Crippen LogP contribution >= 0.6 is 0 Å². The summed E-state index contributed by atoms with van der Waals surface area (Å²) < 4.78 is 11.1. The number of carbonyl (C=O) groups excluding carboxylic acids is 2. The van der Waals surface area contributed by atoms with Gasteiger partial charge in [0.05, 0.1) is 25.2 Å². The second-order valence-electron chi connectivity index (χ2n) is 7.98. The number of carbonyl (C=O) groups is 2. The molecular weight excluding hydrogens is 362 g/mol. The van der Waals surface area contributed by atoms with Crippen LogP contribution in [-0.2, 0) is 25.5 Å². The van der Waals surface area contributed by atoms with Crippen molar-refractivity contribution in [1.29, 1.82) is 0 Å². The lowest BCUT2D eigenvalue weighted by Crippen LogP contribution is -2.47. The van der Waals surface area contributed by atoms with E-state index in [2.05, 4.69) is 4.90 Å². The van der Waals surface area contributed by atoms with E-state index in [0.717, 1.165) is 31.5 Å². The summed E-state index contributed by atoms with van der Waals surface area (Å²) in [5, 5.41) is 19.6. The lowest BCUT2D eigenvalue weighted by molar-refractivity contribution is -0.176. The average molecular weight is 391 g/mol. The fourth-order valence-electron chi connectivity index (χ4n) is 4.00. The molecule has 2 aliphatic heterocycles. The van der Waals surface area contributed by atoms with Crippen LogP contribution in [0.5, 0.6) is 0 Å². The Kier molecular flexibility index (Phi) is 6.37. The Morgan fingerprint density at radius 2 is 1.93 bits per heavy atom. The molecule has 7 nitrogen and oxygen atoms in total. The van der Waals surface area contributed by atoms with Gasteiger partial charge in [0.15, 0.2) is 5.60 Å². The Bertz CT molecular complexity index is 689. The molecule has 0 saturated carbocycles. The molecule has 2 fully saturated rings. The van der Waals surface area contributed by atoms with Gasteiger partial charge in [0, 0.05) is 12.5 Å². The van der Waals surface area contributed by atoms with E-state index in [-0.39, 0.29) is 37.1 Å². The minimum Gasteiger partial charge on any atom is -0.463 e. The molecule has 0 aromatic heterocycles. The quantitative estimate of drug-likeness (QED) is 0.667. The standard InChI is InChI=1S/C21H29NO6/c1-14(23)21(2,26)20(25)27-13-16-8-10-22-11-9-17(19(16)22)28-18(24)12-15-6-4-3-5-7-15/h3-7,14,16-17,19,23,26H,8-13H2,1-2H3. The van der Waals surface area contributed by atoms with Crippen LogP contribution in [0.2, 0.25) is 0 Å². The summed E-state index contributed by atoms with van der Waals surface area (Å²) in [6, 6.07) is 9.50. The van der Waals surface area contributed by atoms with Crippen molar-refractivity contribution in [3.05, 3.63) is 35.9 Å². The summed E-state index contributed by atoms with van der Waals surface area (Å²) in [5.74, 6) is -1.06. The van der Waals surface area contributed by atoms with E-state index in [1.165, 1.54) is 13.8 Å². The predicted octanol–water partition coefficient (Wildman–Crippen LogP) is 0.910. The highest BCUT2D eigenvalue weighted by atomic mass is 16.6. The van der Waals surface area contributed by atoms with Crippen molar-refractivity contribution in [2.75, 3.05) is 19.7 Å². The Morgan fingerprint density at radius 3 is 2.61 bits per heavy atom. The summed E-state index contributed by atoms with van der Waals surface area (Å²) >= 11 is 0. The number of aliphatic hydroxyl groups excluding tert-OH is 1. The molecule has 3 rings (SSSR count). The monoisotopic (exact) mass is 391 g/mol. The number of fused-ring (bicyclic) bond motifs is 1. The molecular formula is C21H29NO6. The number of benzene rings is 1. The normalized spacial score (nSPS) is 27.6. The molecule has 1 aromatic rings. The van der Waals surface area contributed by atoms with E-state index in [1.54, 1.807) is 0 Å². The summed E-state index contributed by atoms with van der Waals surface area (Å²) in [6.45, 7) is 4.44. The highest BCUT2D eigenvalue weighted by Crippen LogP contribution is 2.35. The summed E-state index contributed by atoms with van der Waals surface area (Å²) in [4.78, 5) is 26.7. The van der Waals surface area contributed by atoms with Crippen molar-refractivity contribution in [3.8, 4) is 0 Å². The molecule has 0 bridgehead atoms. The van der Waals surface area contributed by atoms with Crippen LogP contribution in [-0.4, -0.2) is 70.6 Å². The Hall–Kier alpha value is -1.96. The van der Waals surface area contributed by atoms with Gasteiger partial charge in [0.1, 0.15) is 6.10 Å². The molecule has 7 heteroatoms. The summed E-state index contributed by atoms with van der Waals surface area (Å²) in [5.41, 5.74) is -1.02. The molecule has 28 heavy (non-hydrogen) atoms. The molecule has 0 amide bonds. The van der Waals surface area contributed by atoms with Crippen molar-refractivity contribution in [2.45, 2.75) is 57.0 Å². The molecule has 154 valence electrons. The first-order chi connectivity index (χ1) is 13.3. The maximum atomic E-state index is 12.3. The smallest absolute Gasteiger partial charge is 0.340 e. The molecule has 2 aliphatic rings. The SMILES string of the molecule is CC(O)C(C)(O)C(=O)OCC1CCN2CCC(OC(=O)Cc3ccccc3)C12. The average Bonchev–Trinajstić information content (AvgIpc) is 3.23. The Labute approximate surface area is 165 Å². The first kappa shape index (κ1) is 20.8. The lowest BCUT2D eigenvalue weighted by Gasteiger charge is -2.28. The highest BCUT2D eigenvalue weighted by molar-refractivity contribution is 5.79. The zero-order valence-electron chi connectivity index (χ0n) is 16.4. The molecule has 5 atom stereocenters. The van der Waals surface area contributed by atoms with Gasteiger partial charge in [-0.2, -0.15) is 0 Å². The minimum absolute atomic E-state index is 0.0176. The summed E-state index contributed by atoms with van der Waals surface area (Å²) in [6.07, 6.45) is 0.390.